The van der Waals surface area contributed by atoms with Gasteiger partial charge in [0, 0.05) is 30.3 Å². The van der Waals surface area contributed by atoms with Crippen LogP contribution < -0.4 is 5.32 Å². The van der Waals surface area contributed by atoms with E-state index in [1.54, 1.807) is 0 Å². The summed E-state index contributed by atoms with van der Waals surface area (Å²) in [6, 6.07) is 1.88. The number of nitrogens with one attached hydrogen (secondary N) is 1. The number of carboxylic acid groups (broad SMARTS) is 1. The monoisotopic (exact) mass is 295 g/mol. The van der Waals surface area contributed by atoms with Crippen LogP contribution in [0.25, 0.3) is 11.5 Å². The Morgan fingerprint density at radius 3 is 2.90 bits per heavy atom. The average Bonchev–Trinajstić information content (AvgIpc) is 3.06. The first-order valence-electron chi connectivity index (χ1n) is 5.98. The predicted molar refractivity (Wildman–Crippen MR) is 71.2 cm³/mol. The molecule has 0 saturated carbocycles. The van der Waals surface area contributed by atoms with E-state index in [1.165, 1.54) is 11.3 Å². The summed E-state index contributed by atoms with van der Waals surface area (Å²) in [4.78, 5) is 21.7. The lowest BCUT2D eigenvalue weighted by atomic mass is 10.3. The third kappa shape index (κ3) is 4.16. The number of carboxylic acids is 1. The predicted octanol–water partition coefficient (Wildman–Crippen LogP) is 1.32. The third-order valence-corrected chi connectivity index (χ3v) is 3.15. The van der Waals surface area contributed by atoms with Crippen LogP contribution in [0.3, 0.4) is 0 Å². The van der Waals surface area contributed by atoms with Crippen molar-refractivity contribution >= 4 is 23.2 Å². The van der Waals surface area contributed by atoms with Gasteiger partial charge in [0.1, 0.15) is 0 Å². The lowest BCUT2D eigenvalue weighted by Crippen LogP contribution is -2.26. The smallest absolute Gasteiger partial charge is 0.305 e. The lowest BCUT2D eigenvalue weighted by molar-refractivity contribution is -0.136. The molecule has 0 saturated heterocycles. The minimum atomic E-state index is -0.942. The number of aliphatic carboxylic acids is 1. The van der Waals surface area contributed by atoms with E-state index in [-0.39, 0.29) is 25.3 Å². The van der Waals surface area contributed by atoms with Crippen LogP contribution in [-0.4, -0.2) is 33.7 Å². The highest BCUT2D eigenvalue weighted by molar-refractivity contribution is 7.08. The number of rotatable bonds is 7. The summed E-state index contributed by atoms with van der Waals surface area (Å²) in [5, 5.41) is 22.5. The van der Waals surface area contributed by atoms with Crippen molar-refractivity contribution in [1.82, 2.24) is 15.5 Å². The van der Waals surface area contributed by atoms with Crippen molar-refractivity contribution < 1.29 is 19.1 Å². The fourth-order valence-corrected chi connectivity index (χ4v) is 2.10. The second-order valence-electron chi connectivity index (χ2n) is 4.01. The first-order chi connectivity index (χ1) is 9.65. The summed E-state index contributed by atoms with van der Waals surface area (Å²) in [6.45, 7) is 0.123. The van der Waals surface area contributed by atoms with Gasteiger partial charge >= 0.3 is 5.97 Å². The molecule has 0 spiro atoms. The van der Waals surface area contributed by atoms with Gasteiger partial charge in [-0.2, -0.15) is 11.3 Å². The standard InChI is InChI=1S/C12H13N3O4S/c16-9(13-5-3-11(17)18)1-2-10-14-15-12(19-10)8-4-6-20-7-8/h4,6-7H,1-3,5H2,(H,13,16)(H,17,18). The number of carbonyl (C=O) groups is 2. The molecule has 0 aromatic carbocycles. The molecule has 2 N–H and O–H groups in total. The molecule has 1 amide bonds. The molecule has 2 rings (SSSR count). The lowest BCUT2D eigenvalue weighted by Gasteiger charge is -2.01. The quantitative estimate of drug-likeness (QED) is 0.798. The van der Waals surface area contributed by atoms with Gasteiger partial charge in [0.15, 0.2) is 0 Å². The Balaban J connectivity index is 1.77. The second kappa shape index (κ2) is 6.80. The fourth-order valence-electron chi connectivity index (χ4n) is 1.48. The zero-order valence-electron chi connectivity index (χ0n) is 10.5. The Morgan fingerprint density at radius 1 is 1.35 bits per heavy atom. The van der Waals surface area contributed by atoms with E-state index in [2.05, 4.69) is 15.5 Å². The van der Waals surface area contributed by atoms with Gasteiger partial charge in [-0.3, -0.25) is 9.59 Å². The zero-order valence-corrected chi connectivity index (χ0v) is 11.4. The van der Waals surface area contributed by atoms with Crippen LogP contribution in [0.15, 0.2) is 21.2 Å². The molecule has 0 aliphatic carbocycles. The molecule has 0 aliphatic heterocycles. The molecular weight excluding hydrogens is 282 g/mol. The number of amides is 1. The van der Waals surface area contributed by atoms with Gasteiger partial charge in [-0.1, -0.05) is 0 Å². The molecule has 0 fully saturated rings. The van der Waals surface area contributed by atoms with Crippen molar-refractivity contribution in [2.24, 2.45) is 0 Å². The molecule has 2 heterocycles. The Labute approximate surface area is 118 Å². The summed E-state index contributed by atoms with van der Waals surface area (Å²) >= 11 is 1.53. The van der Waals surface area contributed by atoms with Gasteiger partial charge in [0.25, 0.3) is 0 Å². The minimum Gasteiger partial charge on any atom is -0.481 e. The molecular formula is C12H13N3O4S. The van der Waals surface area contributed by atoms with E-state index in [0.717, 1.165) is 5.56 Å². The summed E-state index contributed by atoms with van der Waals surface area (Å²) in [6.07, 6.45) is 0.426. The van der Waals surface area contributed by atoms with E-state index < -0.39 is 5.97 Å². The van der Waals surface area contributed by atoms with Gasteiger partial charge < -0.3 is 14.8 Å². The number of carbonyl (C=O) groups excluding carboxylic acids is 1. The number of aromatic nitrogens is 2. The van der Waals surface area contributed by atoms with Crippen LogP contribution in [-0.2, 0) is 16.0 Å². The SMILES string of the molecule is O=C(O)CCNC(=O)CCc1nnc(-c2ccsc2)o1. The molecule has 0 radical (unpaired) electrons. The highest BCUT2D eigenvalue weighted by Gasteiger charge is 2.10. The first-order valence-corrected chi connectivity index (χ1v) is 6.93. The van der Waals surface area contributed by atoms with Crippen LogP contribution in [0.1, 0.15) is 18.7 Å². The van der Waals surface area contributed by atoms with E-state index in [0.29, 0.717) is 18.2 Å². The van der Waals surface area contributed by atoms with Crippen molar-refractivity contribution in [2.45, 2.75) is 19.3 Å². The third-order valence-electron chi connectivity index (χ3n) is 2.46. The molecule has 0 unspecified atom stereocenters. The normalized spacial score (nSPS) is 10.4. The molecule has 0 atom stereocenters. The van der Waals surface area contributed by atoms with Crippen molar-refractivity contribution in [3.63, 3.8) is 0 Å². The number of hydrogen-bond acceptors (Lipinski definition) is 6. The van der Waals surface area contributed by atoms with Gasteiger partial charge in [-0.25, -0.2) is 0 Å². The highest BCUT2D eigenvalue weighted by atomic mass is 32.1. The summed E-state index contributed by atoms with van der Waals surface area (Å²) in [5.41, 5.74) is 0.861. The molecule has 2 aromatic rings. The molecule has 106 valence electrons. The van der Waals surface area contributed by atoms with Gasteiger partial charge in [0.2, 0.25) is 17.7 Å². The van der Waals surface area contributed by atoms with E-state index >= 15 is 0 Å². The minimum absolute atomic E-state index is 0.0887. The van der Waals surface area contributed by atoms with Crippen molar-refractivity contribution in [1.29, 1.82) is 0 Å². The molecule has 20 heavy (non-hydrogen) atoms. The molecule has 2 aromatic heterocycles. The Kier molecular flexibility index (Phi) is 4.83. The molecule has 0 bridgehead atoms. The Hall–Kier alpha value is -2.22. The number of aryl methyl sites for hydroxylation is 1. The maximum absolute atomic E-state index is 11.4. The molecule has 8 heteroatoms. The van der Waals surface area contributed by atoms with Crippen LogP contribution in [0.5, 0.6) is 0 Å². The first kappa shape index (κ1) is 14.2. The van der Waals surface area contributed by atoms with E-state index in [1.807, 2.05) is 16.8 Å². The van der Waals surface area contributed by atoms with Crippen LogP contribution in [0.4, 0.5) is 0 Å². The van der Waals surface area contributed by atoms with Crippen molar-refractivity contribution in [2.75, 3.05) is 6.54 Å². The van der Waals surface area contributed by atoms with Gasteiger partial charge in [-0.05, 0) is 11.4 Å². The van der Waals surface area contributed by atoms with Crippen LogP contribution >= 0.6 is 11.3 Å². The van der Waals surface area contributed by atoms with Gasteiger partial charge in [-0.15, -0.1) is 10.2 Å². The summed E-state index contributed by atoms with van der Waals surface area (Å²) in [5.74, 6) is -0.351. The number of nitrogens with zero attached hydrogens (tertiary/aromatic N) is 2. The average molecular weight is 295 g/mol. The van der Waals surface area contributed by atoms with E-state index in [4.69, 9.17) is 9.52 Å². The maximum atomic E-state index is 11.4. The second-order valence-corrected chi connectivity index (χ2v) is 4.79. The highest BCUT2D eigenvalue weighted by Crippen LogP contribution is 2.20. The van der Waals surface area contributed by atoms with Crippen LogP contribution in [0.2, 0.25) is 0 Å². The van der Waals surface area contributed by atoms with E-state index in [9.17, 15) is 9.59 Å². The summed E-state index contributed by atoms with van der Waals surface area (Å²) < 4.78 is 5.43. The van der Waals surface area contributed by atoms with Crippen molar-refractivity contribution in [3.8, 4) is 11.5 Å². The number of hydrogen-bond donors (Lipinski definition) is 2. The Bertz CT molecular complexity index is 579. The molecule has 0 aliphatic rings. The Morgan fingerprint density at radius 2 is 2.20 bits per heavy atom. The van der Waals surface area contributed by atoms with Crippen molar-refractivity contribution in [3.05, 3.63) is 22.7 Å². The topological polar surface area (TPSA) is 105 Å². The maximum Gasteiger partial charge on any atom is 0.305 e. The largest absolute Gasteiger partial charge is 0.481 e. The zero-order chi connectivity index (χ0) is 14.4. The number of thiophene rings is 1. The molecule has 7 nitrogen and oxygen atoms in total. The summed E-state index contributed by atoms with van der Waals surface area (Å²) in [7, 11) is 0. The fraction of sp³-hybridized carbons (Fsp3) is 0.333. The van der Waals surface area contributed by atoms with Gasteiger partial charge in [0.05, 0.1) is 6.42 Å². The van der Waals surface area contributed by atoms with Crippen LogP contribution in [0, 0.1) is 0 Å².